The molecule has 0 fully saturated rings. The SMILES string of the molecule is Cn1cnc2c(Nc3ccc([N+](=O)[O-])cc3)nc(Cl)nc21. The Bertz CT molecular complexity index is 830. The van der Waals surface area contributed by atoms with Crippen LogP contribution in [0.1, 0.15) is 0 Å². The standard InChI is InChI=1S/C12H9ClN6O2/c1-18-6-14-9-10(16-12(13)17-11(9)18)15-7-2-4-8(5-3-7)19(20)21/h2-6H,1H3,(H,15,16,17). The van der Waals surface area contributed by atoms with Crippen molar-refractivity contribution in [2.45, 2.75) is 0 Å². The third kappa shape index (κ3) is 2.48. The average molecular weight is 305 g/mol. The van der Waals surface area contributed by atoms with E-state index >= 15 is 0 Å². The number of halogens is 1. The number of imidazole rings is 1. The van der Waals surface area contributed by atoms with Gasteiger partial charge in [0.2, 0.25) is 5.28 Å². The molecule has 0 bridgehead atoms. The molecule has 9 heteroatoms. The van der Waals surface area contributed by atoms with Crippen molar-refractivity contribution in [2.75, 3.05) is 5.32 Å². The van der Waals surface area contributed by atoms with E-state index in [4.69, 9.17) is 11.6 Å². The first-order valence-corrected chi connectivity index (χ1v) is 6.28. The average Bonchev–Trinajstić information content (AvgIpc) is 2.81. The van der Waals surface area contributed by atoms with Gasteiger partial charge in [-0.25, -0.2) is 4.98 Å². The minimum absolute atomic E-state index is 0.0178. The first kappa shape index (κ1) is 13.3. The number of fused-ring (bicyclic) bond motifs is 1. The predicted molar refractivity (Wildman–Crippen MR) is 77.7 cm³/mol. The quantitative estimate of drug-likeness (QED) is 0.454. The number of aromatic nitrogens is 4. The molecule has 3 aromatic rings. The van der Waals surface area contributed by atoms with Crippen LogP contribution in [0.25, 0.3) is 11.2 Å². The van der Waals surface area contributed by atoms with Crippen LogP contribution in [0.15, 0.2) is 30.6 Å². The van der Waals surface area contributed by atoms with Crippen molar-refractivity contribution >= 4 is 40.0 Å². The Balaban J connectivity index is 1.99. The second kappa shape index (κ2) is 4.98. The van der Waals surface area contributed by atoms with Gasteiger partial charge in [-0.05, 0) is 23.7 Å². The van der Waals surface area contributed by atoms with Gasteiger partial charge in [0.15, 0.2) is 17.0 Å². The molecule has 0 atom stereocenters. The van der Waals surface area contributed by atoms with Crippen molar-refractivity contribution in [1.29, 1.82) is 0 Å². The van der Waals surface area contributed by atoms with Gasteiger partial charge in [0.05, 0.1) is 11.3 Å². The molecule has 1 aromatic carbocycles. The molecule has 2 heterocycles. The number of nitrogens with one attached hydrogen (secondary N) is 1. The van der Waals surface area contributed by atoms with Gasteiger partial charge in [-0.1, -0.05) is 0 Å². The number of anilines is 2. The van der Waals surface area contributed by atoms with E-state index in [0.717, 1.165) is 0 Å². The lowest BCUT2D eigenvalue weighted by atomic mass is 10.3. The summed E-state index contributed by atoms with van der Waals surface area (Å²) in [5.41, 5.74) is 1.83. The van der Waals surface area contributed by atoms with Crippen molar-refractivity contribution in [1.82, 2.24) is 19.5 Å². The second-order valence-corrected chi connectivity index (χ2v) is 4.64. The summed E-state index contributed by atoms with van der Waals surface area (Å²) in [6.45, 7) is 0. The Morgan fingerprint density at radius 1 is 1.29 bits per heavy atom. The number of hydrogen-bond donors (Lipinski definition) is 1. The van der Waals surface area contributed by atoms with E-state index in [2.05, 4.69) is 20.3 Å². The molecule has 0 aliphatic heterocycles. The molecule has 1 N–H and O–H groups in total. The highest BCUT2D eigenvalue weighted by atomic mass is 35.5. The molecule has 8 nitrogen and oxygen atoms in total. The minimum atomic E-state index is -0.456. The predicted octanol–water partition coefficient (Wildman–Crippen LogP) is 2.67. The van der Waals surface area contributed by atoms with Gasteiger partial charge in [0.1, 0.15) is 0 Å². The van der Waals surface area contributed by atoms with Crippen LogP contribution in [0.4, 0.5) is 17.2 Å². The first-order valence-electron chi connectivity index (χ1n) is 5.90. The van der Waals surface area contributed by atoms with E-state index in [1.165, 1.54) is 12.1 Å². The summed E-state index contributed by atoms with van der Waals surface area (Å²) in [5, 5.41) is 13.8. The lowest BCUT2D eigenvalue weighted by molar-refractivity contribution is -0.384. The van der Waals surface area contributed by atoms with E-state index in [1.807, 2.05) is 0 Å². The van der Waals surface area contributed by atoms with Crippen LogP contribution in [0.2, 0.25) is 5.28 Å². The summed E-state index contributed by atoms with van der Waals surface area (Å²) in [4.78, 5) is 22.6. The number of aryl methyl sites for hydroxylation is 1. The second-order valence-electron chi connectivity index (χ2n) is 4.30. The van der Waals surface area contributed by atoms with Crippen molar-refractivity contribution in [3.05, 3.63) is 46.0 Å². The van der Waals surface area contributed by atoms with Crippen LogP contribution in [0.5, 0.6) is 0 Å². The van der Waals surface area contributed by atoms with Crippen LogP contribution in [-0.2, 0) is 7.05 Å². The first-order chi connectivity index (χ1) is 10.0. The molecule has 3 rings (SSSR count). The van der Waals surface area contributed by atoms with Gasteiger partial charge >= 0.3 is 0 Å². The number of non-ortho nitro benzene ring substituents is 1. The molecular formula is C12H9ClN6O2. The molecule has 0 saturated carbocycles. The molecular weight excluding hydrogens is 296 g/mol. The maximum Gasteiger partial charge on any atom is 0.269 e. The highest BCUT2D eigenvalue weighted by Gasteiger charge is 2.12. The summed E-state index contributed by atoms with van der Waals surface area (Å²) in [5.74, 6) is 0.444. The summed E-state index contributed by atoms with van der Waals surface area (Å²) >= 11 is 5.89. The topological polar surface area (TPSA) is 98.8 Å². The Morgan fingerprint density at radius 2 is 2.00 bits per heavy atom. The molecule has 0 aliphatic carbocycles. The number of benzene rings is 1. The maximum atomic E-state index is 10.6. The van der Waals surface area contributed by atoms with E-state index in [0.29, 0.717) is 22.7 Å². The lowest BCUT2D eigenvalue weighted by Gasteiger charge is -2.06. The molecule has 21 heavy (non-hydrogen) atoms. The fourth-order valence-corrected chi connectivity index (χ4v) is 2.04. The molecule has 0 spiro atoms. The molecule has 0 aliphatic rings. The van der Waals surface area contributed by atoms with Gasteiger partial charge in [-0.2, -0.15) is 9.97 Å². The molecule has 2 aromatic heterocycles. The summed E-state index contributed by atoms with van der Waals surface area (Å²) in [6, 6.07) is 5.98. The highest BCUT2D eigenvalue weighted by molar-refractivity contribution is 6.28. The van der Waals surface area contributed by atoms with Crippen LogP contribution in [0.3, 0.4) is 0 Å². The fourth-order valence-electron chi connectivity index (χ4n) is 1.87. The van der Waals surface area contributed by atoms with Crippen molar-refractivity contribution < 1.29 is 4.92 Å². The third-order valence-corrected chi connectivity index (χ3v) is 3.04. The van der Waals surface area contributed by atoms with Crippen LogP contribution >= 0.6 is 11.6 Å². The molecule has 0 radical (unpaired) electrons. The van der Waals surface area contributed by atoms with Crippen LogP contribution < -0.4 is 5.32 Å². The number of nitrogens with zero attached hydrogens (tertiary/aromatic N) is 5. The molecule has 0 saturated heterocycles. The lowest BCUT2D eigenvalue weighted by Crippen LogP contribution is -1.98. The van der Waals surface area contributed by atoms with Crippen LogP contribution in [0, 0.1) is 10.1 Å². The fraction of sp³-hybridized carbons (Fsp3) is 0.0833. The maximum absolute atomic E-state index is 10.6. The van der Waals surface area contributed by atoms with E-state index < -0.39 is 4.92 Å². The van der Waals surface area contributed by atoms with Gasteiger partial charge < -0.3 is 9.88 Å². The number of nitro benzene ring substituents is 1. The summed E-state index contributed by atoms with van der Waals surface area (Å²) < 4.78 is 1.73. The Kier molecular flexibility index (Phi) is 3.15. The summed E-state index contributed by atoms with van der Waals surface area (Å²) in [6.07, 6.45) is 1.61. The largest absolute Gasteiger partial charge is 0.338 e. The van der Waals surface area contributed by atoms with E-state index in [1.54, 1.807) is 30.1 Å². The zero-order valence-electron chi connectivity index (χ0n) is 10.8. The van der Waals surface area contributed by atoms with Gasteiger partial charge in [0, 0.05) is 24.9 Å². The molecule has 0 unspecified atom stereocenters. The summed E-state index contributed by atoms with van der Waals surface area (Å²) in [7, 11) is 1.80. The van der Waals surface area contributed by atoms with E-state index in [9.17, 15) is 10.1 Å². The number of nitro groups is 1. The number of rotatable bonds is 3. The number of hydrogen-bond acceptors (Lipinski definition) is 6. The van der Waals surface area contributed by atoms with Crippen molar-refractivity contribution in [3.63, 3.8) is 0 Å². The molecule has 0 amide bonds. The Labute approximate surface area is 123 Å². The smallest absolute Gasteiger partial charge is 0.269 e. The zero-order valence-corrected chi connectivity index (χ0v) is 11.6. The van der Waals surface area contributed by atoms with Crippen molar-refractivity contribution in [2.24, 2.45) is 7.05 Å². The van der Waals surface area contributed by atoms with Gasteiger partial charge in [-0.3, -0.25) is 10.1 Å². The Hall–Kier alpha value is -2.74. The van der Waals surface area contributed by atoms with Gasteiger partial charge in [-0.15, -0.1) is 0 Å². The van der Waals surface area contributed by atoms with E-state index in [-0.39, 0.29) is 11.0 Å². The minimum Gasteiger partial charge on any atom is -0.338 e. The molecule has 106 valence electrons. The highest BCUT2D eigenvalue weighted by Crippen LogP contribution is 2.24. The third-order valence-electron chi connectivity index (χ3n) is 2.87. The zero-order chi connectivity index (χ0) is 15.0. The van der Waals surface area contributed by atoms with Crippen LogP contribution in [-0.4, -0.2) is 24.4 Å². The Morgan fingerprint density at radius 3 is 2.67 bits per heavy atom. The normalized spacial score (nSPS) is 10.8. The van der Waals surface area contributed by atoms with Gasteiger partial charge in [0.25, 0.3) is 5.69 Å². The van der Waals surface area contributed by atoms with Crippen molar-refractivity contribution in [3.8, 4) is 0 Å². The monoisotopic (exact) mass is 304 g/mol.